The SMILES string of the molecule is CCCCCCCCCC(CCC)C(CCCCCCCCC)CCCCCCCCC(=O)c1ccccc1N=NC(C(=O)Nc1ccc(CCO)cc1)=C(C)O. The van der Waals surface area contributed by atoms with Gasteiger partial charge in [0.2, 0.25) is 0 Å². The summed E-state index contributed by atoms with van der Waals surface area (Å²) in [7, 11) is 0. The van der Waals surface area contributed by atoms with Gasteiger partial charge in [-0.15, -0.1) is 10.2 Å². The zero-order valence-electron chi connectivity index (χ0n) is 36.7. The maximum absolute atomic E-state index is 13.3. The van der Waals surface area contributed by atoms with Gasteiger partial charge in [0.1, 0.15) is 5.76 Å². The number of anilines is 1. The van der Waals surface area contributed by atoms with Crippen molar-refractivity contribution in [2.75, 3.05) is 11.9 Å². The number of aliphatic hydroxyl groups excluding tert-OH is 2. The van der Waals surface area contributed by atoms with E-state index in [4.69, 9.17) is 5.11 Å². The Balaban J connectivity index is 1.83. The molecule has 0 bridgehead atoms. The van der Waals surface area contributed by atoms with E-state index in [0.717, 1.165) is 36.7 Å². The first kappa shape index (κ1) is 49.8. The summed E-state index contributed by atoms with van der Waals surface area (Å²) in [5.41, 5.74) is 2.10. The summed E-state index contributed by atoms with van der Waals surface area (Å²) in [6.07, 6.45) is 34.3. The molecule has 57 heavy (non-hydrogen) atoms. The Bertz CT molecular complexity index is 1400. The minimum atomic E-state index is -0.606. The van der Waals surface area contributed by atoms with Crippen LogP contribution in [0.3, 0.4) is 0 Å². The Morgan fingerprint density at radius 3 is 1.61 bits per heavy atom. The molecule has 2 unspecified atom stereocenters. The molecule has 3 N–H and O–H groups in total. The van der Waals surface area contributed by atoms with E-state index in [2.05, 4.69) is 36.3 Å². The van der Waals surface area contributed by atoms with Crippen LogP contribution in [0.5, 0.6) is 0 Å². The number of Topliss-reactive ketones (excluding diaryl/α,β-unsaturated/α-hetero) is 1. The summed E-state index contributed by atoms with van der Waals surface area (Å²) in [5.74, 6) is 0.913. The maximum atomic E-state index is 13.3. The highest BCUT2D eigenvalue weighted by Gasteiger charge is 2.20. The van der Waals surface area contributed by atoms with E-state index in [9.17, 15) is 14.7 Å². The van der Waals surface area contributed by atoms with Gasteiger partial charge in [0.25, 0.3) is 5.91 Å². The summed E-state index contributed by atoms with van der Waals surface area (Å²) < 4.78 is 0. The lowest BCUT2D eigenvalue weighted by molar-refractivity contribution is -0.113. The molecular formula is C50H81N3O4. The second kappa shape index (κ2) is 32.6. The van der Waals surface area contributed by atoms with Gasteiger partial charge in [-0.25, -0.2) is 0 Å². The van der Waals surface area contributed by atoms with Crippen LogP contribution < -0.4 is 5.32 Å². The third kappa shape index (κ3) is 22.4. The van der Waals surface area contributed by atoms with Crippen LogP contribution in [0.2, 0.25) is 0 Å². The molecule has 2 rings (SSSR count). The number of benzene rings is 2. The second-order valence-electron chi connectivity index (χ2n) is 16.5. The van der Waals surface area contributed by atoms with E-state index in [1.807, 2.05) is 18.2 Å². The predicted molar refractivity (Wildman–Crippen MR) is 241 cm³/mol. The van der Waals surface area contributed by atoms with E-state index in [-0.39, 0.29) is 23.8 Å². The fourth-order valence-electron chi connectivity index (χ4n) is 8.12. The van der Waals surface area contributed by atoms with Crippen LogP contribution in [0.25, 0.3) is 0 Å². The topological polar surface area (TPSA) is 111 Å². The average Bonchev–Trinajstić information content (AvgIpc) is 3.20. The van der Waals surface area contributed by atoms with Crippen molar-refractivity contribution in [3.63, 3.8) is 0 Å². The highest BCUT2D eigenvalue weighted by Crippen LogP contribution is 2.33. The number of carbonyl (C=O) groups excluding carboxylic acids is 2. The standard InChI is InChI=1S/C50H81N3O4/c1-5-8-10-12-14-18-22-29-43(28-7-3)44(30-23-19-15-13-11-9-6-2)31-24-20-16-17-21-25-34-48(56)46-32-26-27-33-47(46)52-53-49(41(4)55)50(57)51-45-37-35-42(36-38-45)39-40-54/h26-27,32-33,35-38,43-44,54-55H,5-25,28-31,34,39-40H2,1-4H3,(H,51,57). The molecule has 0 aliphatic rings. The number of azo groups is 1. The Morgan fingerprint density at radius 1 is 0.614 bits per heavy atom. The molecule has 0 saturated carbocycles. The lowest BCUT2D eigenvalue weighted by Gasteiger charge is -2.28. The van der Waals surface area contributed by atoms with Crippen LogP contribution >= 0.6 is 0 Å². The van der Waals surface area contributed by atoms with E-state index in [1.54, 1.807) is 30.3 Å². The third-order valence-electron chi connectivity index (χ3n) is 11.5. The monoisotopic (exact) mass is 788 g/mol. The summed E-state index contributed by atoms with van der Waals surface area (Å²) in [4.78, 5) is 26.2. The third-order valence-corrected chi connectivity index (χ3v) is 11.5. The van der Waals surface area contributed by atoms with Crippen molar-refractivity contribution < 1.29 is 19.8 Å². The van der Waals surface area contributed by atoms with Crippen molar-refractivity contribution >= 4 is 23.1 Å². The maximum Gasteiger partial charge on any atom is 0.279 e. The predicted octanol–water partition coefficient (Wildman–Crippen LogP) is 15.4. The van der Waals surface area contributed by atoms with Crippen LogP contribution in [-0.4, -0.2) is 28.5 Å². The van der Waals surface area contributed by atoms with Crippen molar-refractivity contribution in [3.05, 3.63) is 71.1 Å². The van der Waals surface area contributed by atoms with E-state index >= 15 is 0 Å². The van der Waals surface area contributed by atoms with E-state index < -0.39 is 5.91 Å². The molecule has 0 fully saturated rings. The Kier molecular flexibility index (Phi) is 28.5. The first-order valence-electron chi connectivity index (χ1n) is 23.3. The van der Waals surface area contributed by atoms with Gasteiger partial charge in [0, 0.05) is 24.3 Å². The highest BCUT2D eigenvalue weighted by atomic mass is 16.3. The van der Waals surface area contributed by atoms with Crippen LogP contribution in [0.1, 0.15) is 211 Å². The summed E-state index contributed by atoms with van der Waals surface area (Å²) in [6, 6.07) is 14.2. The first-order valence-corrected chi connectivity index (χ1v) is 23.3. The fraction of sp³-hybridized carbons (Fsp3) is 0.680. The number of rotatable bonds is 35. The van der Waals surface area contributed by atoms with Gasteiger partial charge < -0.3 is 15.5 Å². The molecule has 320 valence electrons. The number of nitrogens with zero attached hydrogens (tertiary/aromatic N) is 2. The number of aliphatic hydroxyl groups is 2. The van der Waals surface area contributed by atoms with Crippen LogP contribution in [0.15, 0.2) is 70.2 Å². The molecule has 2 aromatic carbocycles. The zero-order chi connectivity index (χ0) is 41.4. The van der Waals surface area contributed by atoms with Gasteiger partial charge in [-0.1, -0.05) is 199 Å². The first-order chi connectivity index (χ1) is 27.8. The lowest BCUT2D eigenvalue weighted by atomic mass is 9.78. The number of hydrogen-bond acceptors (Lipinski definition) is 6. The Hall–Kier alpha value is -3.32. The number of hydrogen-bond donors (Lipinski definition) is 3. The minimum Gasteiger partial charge on any atom is -0.510 e. The molecule has 7 heteroatoms. The highest BCUT2D eigenvalue weighted by molar-refractivity contribution is 6.04. The van der Waals surface area contributed by atoms with Gasteiger partial charge in [0.05, 0.1) is 5.69 Å². The minimum absolute atomic E-state index is 0.0133. The summed E-state index contributed by atoms with van der Waals surface area (Å²) >= 11 is 0. The smallest absolute Gasteiger partial charge is 0.279 e. The van der Waals surface area contributed by atoms with E-state index in [0.29, 0.717) is 29.8 Å². The largest absolute Gasteiger partial charge is 0.510 e. The number of amides is 1. The van der Waals surface area contributed by atoms with Gasteiger partial charge in [0.15, 0.2) is 11.5 Å². The molecule has 0 spiro atoms. The number of unbranched alkanes of at least 4 members (excludes halogenated alkanes) is 17. The Morgan fingerprint density at radius 2 is 1.11 bits per heavy atom. The molecule has 0 radical (unpaired) electrons. The van der Waals surface area contributed by atoms with Gasteiger partial charge in [-0.3, -0.25) is 9.59 Å². The quantitative estimate of drug-likeness (QED) is 0.0212. The molecule has 0 aliphatic carbocycles. The Labute approximate surface area is 348 Å². The van der Waals surface area contributed by atoms with E-state index in [1.165, 1.54) is 148 Å². The molecule has 1 amide bonds. The summed E-state index contributed by atoms with van der Waals surface area (Å²) in [6.45, 7) is 8.41. The van der Waals surface area contributed by atoms with Crippen molar-refractivity contribution in [2.45, 2.75) is 201 Å². The number of carbonyl (C=O) groups is 2. The molecule has 0 saturated heterocycles. The van der Waals surface area contributed by atoms with Crippen molar-refractivity contribution in [1.29, 1.82) is 0 Å². The lowest BCUT2D eigenvalue weighted by Crippen LogP contribution is -2.16. The van der Waals surface area contributed by atoms with Gasteiger partial charge in [-0.05, 0) is 61.4 Å². The van der Waals surface area contributed by atoms with Gasteiger partial charge >= 0.3 is 0 Å². The zero-order valence-corrected chi connectivity index (χ0v) is 36.7. The fourth-order valence-corrected chi connectivity index (χ4v) is 8.12. The molecule has 7 nitrogen and oxygen atoms in total. The number of ketones is 1. The van der Waals surface area contributed by atoms with Crippen LogP contribution in [0, 0.1) is 11.8 Å². The average molecular weight is 788 g/mol. The number of allylic oxidation sites excluding steroid dienone is 1. The number of nitrogens with one attached hydrogen (secondary N) is 1. The van der Waals surface area contributed by atoms with Crippen molar-refractivity contribution in [2.24, 2.45) is 22.1 Å². The van der Waals surface area contributed by atoms with Gasteiger partial charge in [-0.2, -0.15) is 0 Å². The second-order valence-corrected chi connectivity index (χ2v) is 16.5. The van der Waals surface area contributed by atoms with Crippen molar-refractivity contribution in [3.8, 4) is 0 Å². The normalized spacial score (nSPS) is 13.1. The van der Waals surface area contributed by atoms with Crippen molar-refractivity contribution in [1.82, 2.24) is 0 Å². The molecule has 2 atom stereocenters. The summed E-state index contributed by atoms with van der Waals surface area (Å²) in [5, 5.41) is 30.4. The molecule has 0 heterocycles. The molecule has 0 aliphatic heterocycles. The molecule has 0 aromatic heterocycles. The van der Waals surface area contributed by atoms with Crippen LogP contribution in [0.4, 0.5) is 11.4 Å². The molecular weight excluding hydrogens is 707 g/mol. The van der Waals surface area contributed by atoms with Crippen LogP contribution in [-0.2, 0) is 11.2 Å². The molecule has 2 aromatic rings.